The maximum absolute atomic E-state index is 11.3. The summed E-state index contributed by atoms with van der Waals surface area (Å²) in [6.07, 6.45) is 1.53. The zero-order valence-electron chi connectivity index (χ0n) is 7.78. The molecule has 0 aromatic carbocycles. The zero-order chi connectivity index (χ0) is 11.2. The molecule has 0 fully saturated rings. The van der Waals surface area contributed by atoms with Crippen molar-refractivity contribution in [3.05, 3.63) is 10.2 Å². The molecule has 0 aliphatic rings. The second-order valence-corrected chi connectivity index (χ2v) is 9.20. The smallest absolute Gasteiger partial charge is 0.409 e. The second kappa shape index (κ2) is 7.47. The SMILES string of the molecule is C=C(I)C(I)(I)NC(=O)OCCCC. The number of carbonyl (C=O) groups excluding carboxylic acids is 1. The van der Waals surface area contributed by atoms with Crippen molar-refractivity contribution in [2.75, 3.05) is 6.61 Å². The fourth-order valence-electron chi connectivity index (χ4n) is 0.541. The van der Waals surface area contributed by atoms with Crippen molar-refractivity contribution in [2.45, 2.75) is 21.3 Å². The van der Waals surface area contributed by atoms with Crippen LogP contribution in [0.15, 0.2) is 10.2 Å². The van der Waals surface area contributed by atoms with Crippen LogP contribution in [0.2, 0.25) is 0 Å². The lowest BCUT2D eigenvalue weighted by molar-refractivity contribution is 0.145. The van der Waals surface area contributed by atoms with Gasteiger partial charge in [0.15, 0.2) is 1.55 Å². The predicted molar refractivity (Wildman–Crippen MR) is 83.3 cm³/mol. The van der Waals surface area contributed by atoms with E-state index >= 15 is 0 Å². The molecule has 0 saturated heterocycles. The van der Waals surface area contributed by atoms with Crippen molar-refractivity contribution in [1.29, 1.82) is 0 Å². The van der Waals surface area contributed by atoms with Gasteiger partial charge >= 0.3 is 6.09 Å². The van der Waals surface area contributed by atoms with Gasteiger partial charge in [0, 0.05) is 3.58 Å². The van der Waals surface area contributed by atoms with E-state index in [4.69, 9.17) is 4.74 Å². The Bertz CT molecular complexity index is 219. The average molecular weight is 535 g/mol. The van der Waals surface area contributed by atoms with Crippen LogP contribution in [0, 0.1) is 0 Å². The van der Waals surface area contributed by atoms with Crippen LogP contribution in [-0.2, 0) is 4.74 Å². The third-order valence-corrected chi connectivity index (χ3v) is 6.05. The van der Waals surface area contributed by atoms with E-state index in [1.54, 1.807) is 0 Å². The summed E-state index contributed by atoms with van der Waals surface area (Å²) in [6, 6.07) is 0. The van der Waals surface area contributed by atoms with Gasteiger partial charge in [0.05, 0.1) is 6.61 Å². The normalized spacial score (nSPS) is 10.9. The van der Waals surface area contributed by atoms with E-state index in [-0.39, 0.29) is 6.09 Å². The summed E-state index contributed by atoms with van der Waals surface area (Å²) < 4.78 is 5.34. The summed E-state index contributed by atoms with van der Waals surface area (Å²) in [4.78, 5) is 11.3. The first-order valence-electron chi connectivity index (χ1n) is 4.07. The lowest BCUT2D eigenvalue weighted by Crippen LogP contribution is -2.38. The van der Waals surface area contributed by atoms with Gasteiger partial charge in [0.2, 0.25) is 0 Å². The van der Waals surface area contributed by atoms with Crippen molar-refractivity contribution in [3.8, 4) is 0 Å². The van der Waals surface area contributed by atoms with Gasteiger partial charge in [-0.2, -0.15) is 0 Å². The van der Waals surface area contributed by atoms with Gasteiger partial charge in [-0.3, -0.25) is 5.32 Å². The van der Waals surface area contributed by atoms with Gasteiger partial charge in [0.1, 0.15) is 0 Å². The van der Waals surface area contributed by atoms with Gasteiger partial charge in [-0.15, -0.1) is 0 Å². The van der Waals surface area contributed by atoms with E-state index in [0.29, 0.717) is 6.61 Å². The number of alkyl carbamates (subject to hydrolysis) is 1. The Kier molecular flexibility index (Phi) is 8.11. The third-order valence-electron chi connectivity index (χ3n) is 1.33. The van der Waals surface area contributed by atoms with E-state index in [1.165, 1.54) is 0 Å². The molecule has 1 amide bonds. The molecule has 0 unspecified atom stereocenters. The topological polar surface area (TPSA) is 38.3 Å². The molecule has 82 valence electrons. The van der Waals surface area contributed by atoms with Gasteiger partial charge in [-0.1, -0.05) is 19.9 Å². The van der Waals surface area contributed by atoms with Gasteiger partial charge in [-0.25, -0.2) is 4.79 Å². The Morgan fingerprint density at radius 1 is 1.57 bits per heavy atom. The lowest BCUT2D eigenvalue weighted by atomic mass is 10.4. The molecule has 14 heavy (non-hydrogen) atoms. The highest BCUT2D eigenvalue weighted by atomic mass is 127. The molecule has 0 aliphatic carbocycles. The molecule has 0 heterocycles. The van der Waals surface area contributed by atoms with Crippen LogP contribution in [0.4, 0.5) is 4.79 Å². The van der Waals surface area contributed by atoms with E-state index in [1.807, 2.05) is 0 Å². The lowest BCUT2D eigenvalue weighted by Gasteiger charge is -2.20. The Morgan fingerprint density at radius 3 is 2.57 bits per heavy atom. The van der Waals surface area contributed by atoms with Gasteiger partial charge in [-0.05, 0) is 74.2 Å². The van der Waals surface area contributed by atoms with Crippen molar-refractivity contribution in [3.63, 3.8) is 0 Å². The van der Waals surface area contributed by atoms with Gasteiger partial charge < -0.3 is 4.74 Å². The van der Waals surface area contributed by atoms with Crippen molar-refractivity contribution in [2.24, 2.45) is 0 Å². The molecule has 6 heteroatoms. The molecule has 0 bridgehead atoms. The quantitative estimate of drug-likeness (QED) is 0.251. The highest BCUT2D eigenvalue weighted by Gasteiger charge is 2.27. The monoisotopic (exact) mass is 535 g/mol. The molecule has 0 aromatic heterocycles. The van der Waals surface area contributed by atoms with Crippen LogP contribution in [0.1, 0.15) is 19.8 Å². The van der Waals surface area contributed by atoms with E-state index in [0.717, 1.165) is 16.4 Å². The minimum atomic E-state index is -0.473. The van der Waals surface area contributed by atoms with Crippen LogP contribution in [0.5, 0.6) is 0 Å². The summed E-state index contributed by atoms with van der Waals surface area (Å²) in [5, 5.41) is 2.72. The number of hydrogen-bond donors (Lipinski definition) is 1. The standard InChI is InChI=1S/C8H12I3NO2/c1-3-4-5-14-7(13)12-8(10,11)6(2)9/h2-5H2,1H3,(H,12,13). The number of carbonyl (C=O) groups is 1. The third kappa shape index (κ3) is 6.64. The maximum Gasteiger partial charge on any atom is 0.409 e. The van der Waals surface area contributed by atoms with Gasteiger partial charge in [0.25, 0.3) is 0 Å². The molecule has 1 N–H and O–H groups in total. The number of alkyl halides is 2. The number of unbranched alkanes of at least 4 members (excludes halogenated alkanes) is 1. The Morgan fingerprint density at radius 2 is 2.14 bits per heavy atom. The highest BCUT2D eigenvalue weighted by Crippen LogP contribution is 2.35. The van der Waals surface area contributed by atoms with Crippen LogP contribution in [-0.4, -0.2) is 14.3 Å². The molecule has 0 aromatic rings. The molecule has 3 nitrogen and oxygen atoms in total. The molecular formula is C8H12I3NO2. The van der Waals surface area contributed by atoms with E-state index < -0.39 is 1.55 Å². The zero-order valence-corrected chi connectivity index (χ0v) is 14.3. The molecule has 0 spiro atoms. The highest BCUT2D eigenvalue weighted by molar-refractivity contribution is 14.2. The summed E-state index contributed by atoms with van der Waals surface area (Å²) in [5.41, 5.74) is 0. The van der Waals surface area contributed by atoms with E-state index in [2.05, 4.69) is 86.6 Å². The molecule has 0 saturated carbocycles. The van der Waals surface area contributed by atoms with Crippen LogP contribution < -0.4 is 5.32 Å². The van der Waals surface area contributed by atoms with Crippen LogP contribution in [0.25, 0.3) is 0 Å². The number of nitrogens with one attached hydrogen (secondary N) is 1. The first kappa shape index (κ1) is 15.2. The Labute approximate surface area is 125 Å². The number of halogens is 3. The van der Waals surface area contributed by atoms with Crippen molar-refractivity contribution in [1.82, 2.24) is 5.32 Å². The van der Waals surface area contributed by atoms with E-state index in [9.17, 15) is 4.79 Å². The fourth-order valence-corrected chi connectivity index (χ4v) is 1.12. The number of rotatable bonds is 5. The Balaban J connectivity index is 3.88. The predicted octanol–water partition coefficient (Wildman–Crippen LogP) is 3.99. The summed E-state index contributed by atoms with van der Waals surface area (Å²) in [5.74, 6) is 0. The maximum atomic E-state index is 11.3. The Hall–Kier alpha value is 1.20. The minimum Gasteiger partial charge on any atom is -0.450 e. The molecule has 0 aliphatic heterocycles. The second-order valence-electron chi connectivity index (χ2n) is 2.59. The van der Waals surface area contributed by atoms with Crippen LogP contribution >= 0.6 is 67.8 Å². The molecule has 0 radical (unpaired) electrons. The van der Waals surface area contributed by atoms with Crippen molar-refractivity contribution < 1.29 is 9.53 Å². The minimum absolute atomic E-state index is 0.389. The summed E-state index contributed by atoms with van der Waals surface area (Å²) in [7, 11) is 0. The first-order chi connectivity index (χ1) is 6.40. The number of hydrogen-bond acceptors (Lipinski definition) is 2. The van der Waals surface area contributed by atoms with Crippen molar-refractivity contribution >= 4 is 73.9 Å². The molecule has 0 atom stereocenters. The molecule has 0 rings (SSSR count). The average Bonchev–Trinajstić information content (AvgIpc) is 2.03. The van der Waals surface area contributed by atoms with Crippen LogP contribution in [0.3, 0.4) is 0 Å². The largest absolute Gasteiger partial charge is 0.450 e. The first-order valence-corrected chi connectivity index (χ1v) is 7.31. The molecular weight excluding hydrogens is 523 g/mol. The number of ether oxygens (including phenoxy) is 1. The summed E-state index contributed by atoms with van der Waals surface area (Å²) in [6.45, 7) is 6.30. The fraction of sp³-hybridized carbons (Fsp3) is 0.625. The summed E-state index contributed by atoms with van der Waals surface area (Å²) >= 11 is 6.30. The number of amides is 1.